The lowest BCUT2D eigenvalue weighted by Gasteiger charge is -2.11. The summed E-state index contributed by atoms with van der Waals surface area (Å²) in [6, 6.07) is 16.5. The van der Waals surface area contributed by atoms with Crippen LogP contribution in [-0.2, 0) is 7.05 Å². The minimum atomic E-state index is -0.282. The van der Waals surface area contributed by atoms with Crippen molar-refractivity contribution in [1.29, 1.82) is 0 Å². The predicted molar refractivity (Wildman–Crippen MR) is 122 cm³/mol. The molecule has 2 aromatic heterocycles. The number of thioether (sulfide) groups is 1. The number of fused-ring (bicyclic) bond motifs is 1. The summed E-state index contributed by atoms with van der Waals surface area (Å²) >= 11 is 7.00. The van der Waals surface area contributed by atoms with Crippen molar-refractivity contribution in [2.75, 3.05) is 5.75 Å². The minimum Gasteiger partial charge on any atom is -0.283 e. The van der Waals surface area contributed by atoms with Gasteiger partial charge in [0.05, 0.1) is 22.3 Å². The van der Waals surface area contributed by atoms with E-state index in [0.717, 1.165) is 5.69 Å². The van der Waals surface area contributed by atoms with E-state index in [1.807, 2.05) is 43.3 Å². The fourth-order valence-corrected chi connectivity index (χ4v) is 4.38. The highest BCUT2D eigenvalue weighted by atomic mass is 35.5. The van der Waals surface area contributed by atoms with Crippen molar-refractivity contribution in [2.24, 2.45) is 7.05 Å². The topological polar surface area (TPSA) is 61.8 Å². The maximum atomic E-state index is 13.5. The number of benzene rings is 2. The van der Waals surface area contributed by atoms with Gasteiger partial charge in [0.25, 0.3) is 11.1 Å². The standard InChI is InChI=1S/C22H19ClN4O2S/c1-15-19(21(29)27(25(15)2)16-9-4-3-5-10-16)26-20(28)17-11-6-7-12-18(17)24-22(26)30-14-8-13-23/h3-13H,14H2,1-2H3/b13-8+. The van der Waals surface area contributed by atoms with Crippen LogP contribution in [0.25, 0.3) is 22.3 Å². The summed E-state index contributed by atoms with van der Waals surface area (Å²) in [5.41, 5.74) is 3.14. The second-order valence-corrected chi connectivity index (χ2v) is 7.87. The first-order valence-electron chi connectivity index (χ1n) is 9.28. The molecule has 0 amide bonds. The van der Waals surface area contributed by atoms with Crippen molar-refractivity contribution in [1.82, 2.24) is 18.9 Å². The smallest absolute Gasteiger partial charge is 0.283 e. The van der Waals surface area contributed by atoms with Crippen LogP contribution in [-0.4, -0.2) is 24.7 Å². The number of aromatic nitrogens is 4. The van der Waals surface area contributed by atoms with Crippen molar-refractivity contribution in [2.45, 2.75) is 12.1 Å². The van der Waals surface area contributed by atoms with Gasteiger partial charge in [0.15, 0.2) is 5.16 Å². The number of hydrogen-bond donors (Lipinski definition) is 0. The maximum absolute atomic E-state index is 13.5. The summed E-state index contributed by atoms with van der Waals surface area (Å²) < 4.78 is 4.73. The molecule has 30 heavy (non-hydrogen) atoms. The zero-order valence-electron chi connectivity index (χ0n) is 16.4. The Morgan fingerprint density at radius 1 is 1.03 bits per heavy atom. The Labute approximate surface area is 182 Å². The molecule has 0 aliphatic heterocycles. The van der Waals surface area contributed by atoms with E-state index in [4.69, 9.17) is 11.6 Å². The quantitative estimate of drug-likeness (QED) is 0.348. The average molecular weight is 439 g/mol. The van der Waals surface area contributed by atoms with Gasteiger partial charge in [-0.3, -0.25) is 14.3 Å². The molecular formula is C22H19ClN4O2S. The highest BCUT2D eigenvalue weighted by Crippen LogP contribution is 2.22. The molecule has 0 unspecified atom stereocenters. The third-order valence-electron chi connectivity index (χ3n) is 4.89. The molecule has 0 spiro atoms. The van der Waals surface area contributed by atoms with Gasteiger partial charge in [-0.1, -0.05) is 59.8 Å². The molecule has 0 aliphatic carbocycles. The minimum absolute atomic E-state index is 0.274. The number of rotatable bonds is 5. The molecule has 0 saturated carbocycles. The van der Waals surface area contributed by atoms with Gasteiger partial charge in [-0.15, -0.1) is 0 Å². The molecule has 0 fully saturated rings. The van der Waals surface area contributed by atoms with Gasteiger partial charge >= 0.3 is 0 Å². The second kappa shape index (κ2) is 8.38. The van der Waals surface area contributed by atoms with Crippen LogP contribution in [0.3, 0.4) is 0 Å². The Bertz CT molecular complexity index is 1370. The molecule has 0 aliphatic rings. The Kier molecular flexibility index (Phi) is 5.65. The lowest BCUT2D eigenvalue weighted by molar-refractivity contribution is 0.630. The van der Waals surface area contributed by atoms with Crippen LogP contribution in [0, 0.1) is 6.92 Å². The van der Waals surface area contributed by atoms with E-state index in [-0.39, 0.29) is 11.1 Å². The van der Waals surface area contributed by atoms with E-state index in [2.05, 4.69) is 4.98 Å². The molecule has 152 valence electrons. The van der Waals surface area contributed by atoms with Crippen LogP contribution >= 0.6 is 23.4 Å². The fraction of sp³-hybridized carbons (Fsp3) is 0.136. The van der Waals surface area contributed by atoms with Crippen LogP contribution in [0.5, 0.6) is 0 Å². The number of para-hydroxylation sites is 2. The van der Waals surface area contributed by atoms with Crippen molar-refractivity contribution in [3.05, 3.63) is 92.6 Å². The SMILES string of the molecule is Cc1c(-n2c(SC/C=C/Cl)nc3ccccc3c2=O)c(=O)n(-c2ccccc2)n1C. The van der Waals surface area contributed by atoms with Crippen molar-refractivity contribution < 1.29 is 0 Å². The van der Waals surface area contributed by atoms with E-state index in [1.165, 1.54) is 21.9 Å². The van der Waals surface area contributed by atoms with Crippen molar-refractivity contribution in [3.8, 4) is 11.4 Å². The number of halogens is 1. The Hall–Kier alpha value is -3.03. The summed E-state index contributed by atoms with van der Waals surface area (Å²) in [5.74, 6) is 0.521. The van der Waals surface area contributed by atoms with E-state index < -0.39 is 0 Å². The molecule has 4 rings (SSSR count). The third-order valence-corrected chi connectivity index (χ3v) is 5.96. The van der Waals surface area contributed by atoms with Gasteiger partial charge in [-0.05, 0) is 31.2 Å². The molecule has 0 saturated heterocycles. The van der Waals surface area contributed by atoms with Gasteiger partial charge in [-0.25, -0.2) is 14.2 Å². The average Bonchev–Trinajstić information content (AvgIpc) is 2.98. The van der Waals surface area contributed by atoms with Crippen LogP contribution in [0.15, 0.2) is 81.0 Å². The summed E-state index contributed by atoms with van der Waals surface area (Å²) in [7, 11) is 1.80. The summed E-state index contributed by atoms with van der Waals surface area (Å²) in [6.07, 6.45) is 1.76. The Morgan fingerprint density at radius 2 is 1.73 bits per heavy atom. The van der Waals surface area contributed by atoms with E-state index in [9.17, 15) is 9.59 Å². The van der Waals surface area contributed by atoms with Crippen LogP contribution in [0.2, 0.25) is 0 Å². The van der Waals surface area contributed by atoms with E-state index >= 15 is 0 Å². The fourth-order valence-electron chi connectivity index (χ4n) is 3.38. The van der Waals surface area contributed by atoms with Crippen molar-refractivity contribution >= 4 is 34.3 Å². The first kappa shape index (κ1) is 20.3. The molecule has 0 bridgehead atoms. The van der Waals surface area contributed by atoms with Crippen LogP contribution in [0.1, 0.15) is 5.69 Å². The predicted octanol–water partition coefficient (Wildman–Crippen LogP) is 4.03. The zero-order valence-corrected chi connectivity index (χ0v) is 18.0. The van der Waals surface area contributed by atoms with E-state index in [0.29, 0.717) is 33.2 Å². The highest BCUT2D eigenvalue weighted by Gasteiger charge is 2.22. The first-order chi connectivity index (χ1) is 14.5. The lowest BCUT2D eigenvalue weighted by Crippen LogP contribution is -2.28. The van der Waals surface area contributed by atoms with Crippen LogP contribution < -0.4 is 11.1 Å². The van der Waals surface area contributed by atoms with Crippen LogP contribution in [0.4, 0.5) is 0 Å². The van der Waals surface area contributed by atoms with Gasteiger partial charge in [0, 0.05) is 18.3 Å². The molecule has 0 N–H and O–H groups in total. The monoisotopic (exact) mass is 438 g/mol. The summed E-state index contributed by atoms with van der Waals surface area (Å²) in [4.78, 5) is 31.6. The maximum Gasteiger partial charge on any atom is 0.296 e. The molecule has 0 atom stereocenters. The van der Waals surface area contributed by atoms with Gasteiger partial charge in [-0.2, -0.15) is 0 Å². The molecule has 6 nitrogen and oxygen atoms in total. The zero-order chi connectivity index (χ0) is 21.3. The lowest BCUT2D eigenvalue weighted by atomic mass is 10.2. The molecule has 0 radical (unpaired) electrons. The largest absolute Gasteiger partial charge is 0.296 e. The van der Waals surface area contributed by atoms with E-state index in [1.54, 1.807) is 40.7 Å². The van der Waals surface area contributed by atoms with Gasteiger partial charge in [0.1, 0.15) is 5.69 Å². The van der Waals surface area contributed by atoms with Gasteiger partial charge in [0.2, 0.25) is 0 Å². The molecule has 2 heterocycles. The highest BCUT2D eigenvalue weighted by molar-refractivity contribution is 7.99. The van der Waals surface area contributed by atoms with Crippen molar-refractivity contribution in [3.63, 3.8) is 0 Å². The Balaban J connectivity index is 2.04. The number of hydrogen-bond acceptors (Lipinski definition) is 4. The first-order valence-corrected chi connectivity index (χ1v) is 10.7. The molecular weight excluding hydrogens is 420 g/mol. The normalized spacial score (nSPS) is 11.6. The molecule has 8 heteroatoms. The molecule has 2 aromatic carbocycles. The Morgan fingerprint density at radius 3 is 2.47 bits per heavy atom. The van der Waals surface area contributed by atoms with Gasteiger partial charge < -0.3 is 0 Å². The third kappa shape index (κ3) is 3.40. The number of nitrogens with zero attached hydrogens (tertiary/aromatic N) is 4. The second-order valence-electron chi connectivity index (χ2n) is 6.63. The molecule has 4 aromatic rings. The summed E-state index contributed by atoms with van der Waals surface area (Å²) in [6.45, 7) is 1.82. The summed E-state index contributed by atoms with van der Waals surface area (Å²) in [5, 5.41) is 0.906.